The van der Waals surface area contributed by atoms with Gasteiger partial charge in [-0.15, -0.1) is 0 Å². The molecule has 0 saturated carbocycles. The van der Waals surface area contributed by atoms with Crippen LogP contribution in [-0.4, -0.2) is 5.11 Å². The number of hydrogen-bond acceptors (Lipinski definition) is 2. The van der Waals surface area contributed by atoms with Crippen LogP contribution in [-0.2, 0) is 12.0 Å². The molecule has 0 heterocycles. The van der Waals surface area contributed by atoms with Crippen molar-refractivity contribution < 1.29 is 9.84 Å². The first-order valence-corrected chi connectivity index (χ1v) is 9.54. The molecule has 0 aliphatic carbocycles. The van der Waals surface area contributed by atoms with E-state index in [2.05, 4.69) is 57.2 Å². The van der Waals surface area contributed by atoms with Gasteiger partial charge in [0.05, 0.1) is 0 Å². The van der Waals surface area contributed by atoms with E-state index >= 15 is 0 Å². The van der Waals surface area contributed by atoms with E-state index in [9.17, 15) is 5.11 Å². The normalized spacial score (nSPS) is 13.3. The fraction of sp³-hybridized carbons (Fsp3) is 0.280. The monoisotopic (exact) mass is 360 g/mol. The van der Waals surface area contributed by atoms with Crippen LogP contribution in [0.4, 0.5) is 0 Å². The molecule has 27 heavy (non-hydrogen) atoms. The van der Waals surface area contributed by atoms with Crippen molar-refractivity contribution in [1.29, 1.82) is 0 Å². The molecule has 1 unspecified atom stereocenters. The number of aromatic hydroxyl groups is 1. The Kier molecular flexibility index (Phi) is 5.85. The number of rotatable bonds is 7. The quantitative estimate of drug-likeness (QED) is 0.534. The Morgan fingerprint density at radius 2 is 1.37 bits per heavy atom. The number of phenols is 1. The summed E-state index contributed by atoms with van der Waals surface area (Å²) in [7, 11) is 0. The zero-order valence-corrected chi connectivity index (χ0v) is 16.4. The second-order valence-corrected chi connectivity index (χ2v) is 7.78. The van der Waals surface area contributed by atoms with Gasteiger partial charge in [-0.1, -0.05) is 75.4 Å². The van der Waals surface area contributed by atoms with Crippen LogP contribution in [0, 0.1) is 5.92 Å². The second-order valence-electron chi connectivity index (χ2n) is 7.78. The van der Waals surface area contributed by atoms with E-state index in [1.54, 1.807) is 12.1 Å². The minimum Gasteiger partial charge on any atom is -0.508 e. The third-order valence-electron chi connectivity index (χ3n) is 5.06. The molecule has 0 bridgehead atoms. The molecule has 0 saturated heterocycles. The van der Waals surface area contributed by atoms with E-state index in [4.69, 9.17) is 4.74 Å². The summed E-state index contributed by atoms with van der Waals surface area (Å²) in [6.45, 7) is 7.34. The molecular formula is C25H28O2. The molecule has 2 heteroatoms. The first-order valence-electron chi connectivity index (χ1n) is 9.54. The average molecular weight is 360 g/mol. The van der Waals surface area contributed by atoms with Crippen molar-refractivity contribution in [3.8, 4) is 11.5 Å². The molecule has 0 spiro atoms. The number of ether oxygens (including phenoxy) is 1. The van der Waals surface area contributed by atoms with E-state index in [1.807, 2.05) is 30.3 Å². The lowest BCUT2D eigenvalue weighted by Gasteiger charge is -2.33. The molecule has 2 nitrogen and oxygen atoms in total. The Morgan fingerprint density at radius 3 is 1.93 bits per heavy atom. The summed E-state index contributed by atoms with van der Waals surface area (Å²) >= 11 is 0. The predicted octanol–water partition coefficient (Wildman–Crippen LogP) is 6.32. The highest BCUT2D eigenvalue weighted by molar-refractivity contribution is 5.42. The number of hydrogen-bond donors (Lipinski definition) is 1. The highest BCUT2D eigenvalue weighted by Crippen LogP contribution is 2.39. The van der Waals surface area contributed by atoms with Crippen LogP contribution in [0.3, 0.4) is 0 Å². The molecule has 1 atom stereocenters. The Hall–Kier alpha value is -2.74. The van der Waals surface area contributed by atoms with E-state index < -0.39 is 0 Å². The van der Waals surface area contributed by atoms with Crippen LogP contribution in [0.2, 0.25) is 0 Å². The molecule has 140 valence electrons. The summed E-state index contributed by atoms with van der Waals surface area (Å²) in [4.78, 5) is 0. The third kappa shape index (κ3) is 4.71. The van der Waals surface area contributed by atoms with Gasteiger partial charge in [-0.25, -0.2) is 0 Å². The Labute approximate surface area is 162 Å². The molecular weight excluding hydrogens is 332 g/mol. The maximum Gasteiger partial charge on any atom is 0.119 e. The van der Waals surface area contributed by atoms with Crippen LogP contribution < -0.4 is 4.74 Å². The Morgan fingerprint density at radius 1 is 0.815 bits per heavy atom. The van der Waals surface area contributed by atoms with Gasteiger partial charge in [-0.3, -0.25) is 0 Å². The molecule has 0 aromatic heterocycles. The van der Waals surface area contributed by atoms with Gasteiger partial charge in [0.15, 0.2) is 0 Å². The van der Waals surface area contributed by atoms with Crippen molar-refractivity contribution in [2.45, 2.75) is 39.2 Å². The smallest absolute Gasteiger partial charge is 0.119 e. The first kappa shape index (κ1) is 19.0. The van der Waals surface area contributed by atoms with Gasteiger partial charge in [-0.2, -0.15) is 0 Å². The maximum atomic E-state index is 9.65. The predicted molar refractivity (Wildman–Crippen MR) is 111 cm³/mol. The first-order chi connectivity index (χ1) is 13.0. The fourth-order valence-corrected chi connectivity index (χ4v) is 3.71. The Bertz CT molecular complexity index is 836. The highest BCUT2D eigenvalue weighted by Gasteiger charge is 2.29. The molecule has 3 rings (SSSR count). The minimum atomic E-state index is -0.111. The van der Waals surface area contributed by atoms with Crippen LogP contribution in [0.25, 0.3) is 0 Å². The van der Waals surface area contributed by atoms with Crippen molar-refractivity contribution in [3.05, 3.63) is 95.6 Å². The Balaban J connectivity index is 1.81. The molecule has 0 fully saturated rings. The van der Waals surface area contributed by atoms with Crippen molar-refractivity contribution in [1.82, 2.24) is 0 Å². The van der Waals surface area contributed by atoms with E-state index in [0.717, 1.165) is 17.7 Å². The van der Waals surface area contributed by atoms with E-state index in [0.29, 0.717) is 18.3 Å². The van der Waals surface area contributed by atoms with Crippen LogP contribution in [0.5, 0.6) is 11.5 Å². The second kappa shape index (κ2) is 8.30. The van der Waals surface area contributed by atoms with E-state index in [-0.39, 0.29) is 5.41 Å². The SMILES string of the molecule is CC(C)CC(C)(c1ccc(O)cc1)c1ccc(OCc2ccccc2)cc1. The fourth-order valence-electron chi connectivity index (χ4n) is 3.71. The van der Waals surface area contributed by atoms with Crippen molar-refractivity contribution in [2.24, 2.45) is 5.92 Å². The summed E-state index contributed by atoms with van der Waals surface area (Å²) in [6, 6.07) is 26.2. The van der Waals surface area contributed by atoms with Crippen molar-refractivity contribution in [3.63, 3.8) is 0 Å². The molecule has 1 N–H and O–H groups in total. The lowest BCUT2D eigenvalue weighted by molar-refractivity contribution is 0.306. The van der Waals surface area contributed by atoms with Gasteiger partial charge in [-0.05, 0) is 53.3 Å². The van der Waals surface area contributed by atoms with Crippen molar-refractivity contribution in [2.75, 3.05) is 0 Å². The maximum absolute atomic E-state index is 9.65. The van der Waals surface area contributed by atoms with Gasteiger partial charge in [0.2, 0.25) is 0 Å². The number of phenolic OH excluding ortho intramolecular Hbond substituents is 1. The molecule has 0 radical (unpaired) electrons. The largest absolute Gasteiger partial charge is 0.508 e. The van der Waals surface area contributed by atoms with Gasteiger partial charge in [0.1, 0.15) is 18.1 Å². The molecule has 3 aromatic rings. The van der Waals surface area contributed by atoms with Gasteiger partial charge < -0.3 is 9.84 Å². The zero-order chi connectivity index (χ0) is 19.3. The van der Waals surface area contributed by atoms with Gasteiger partial charge in [0, 0.05) is 5.41 Å². The summed E-state index contributed by atoms with van der Waals surface area (Å²) in [5.41, 5.74) is 3.52. The highest BCUT2D eigenvalue weighted by atomic mass is 16.5. The molecule has 0 aliphatic heterocycles. The summed E-state index contributed by atoms with van der Waals surface area (Å²) < 4.78 is 5.93. The summed E-state index contributed by atoms with van der Waals surface area (Å²) in [5.74, 6) is 1.73. The van der Waals surface area contributed by atoms with Crippen LogP contribution >= 0.6 is 0 Å². The van der Waals surface area contributed by atoms with Gasteiger partial charge in [0.25, 0.3) is 0 Å². The number of benzene rings is 3. The molecule has 3 aromatic carbocycles. The van der Waals surface area contributed by atoms with Crippen LogP contribution in [0.1, 0.15) is 43.9 Å². The zero-order valence-electron chi connectivity index (χ0n) is 16.4. The summed E-state index contributed by atoms with van der Waals surface area (Å²) in [5, 5.41) is 9.65. The molecule has 0 amide bonds. The van der Waals surface area contributed by atoms with Crippen LogP contribution in [0.15, 0.2) is 78.9 Å². The average Bonchev–Trinajstić information content (AvgIpc) is 2.67. The van der Waals surface area contributed by atoms with Crippen molar-refractivity contribution >= 4 is 0 Å². The standard InChI is InChI=1S/C25H28O2/c1-19(2)17-25(3,21-9-13-23(26)14-10-21)22-11-15-24(16-12-22)27-18-20-7-5-4-6-8-20/h4-16,19,26H,17-18H2,1-3H3. The molecule has 0 aliphatic rings. The van der Waals surface area contributed by atoms with E-state index in [1.165, 1.54) is 11.1 Å². The minimum absolute atomic E-state index is 0.111. The topological polar surface area (TPSA) is 29.5 Å². The lowest BCUT2D eigenvalue weighted by atomic mass is 9.71. The summed E-state index contributed by atoms with van der Waals surface area (Å²) in [6.07, 6.45) is 1.03. The van der Waals surface area contributed by atoms with Gasteiger partial charge >= 0.3 is 0 Å². The third-order valence-corrected chi connectivity index (χ3v) is 5.06. The lowest BCUT2D eigenvalue weighted by Crippen LogP contribution is -2.25.